The van der Waals surface area contributed by atoms with Crippen LogP contribution in [0, 0.1) is 0 Å². The summed E-state index contributed by atoms with van der Waals surface area (Å²) in [6.45, 7) is 0.472. The zero-order valence-electron chi connectivity index (χ0n) is 7.68. The number of nitrogens with two attached hydrogens (primary N) is 1. The van der Waals surface area contributed by atoms with E-state index in [1.54, 1.807) is 17.5 Å². The highest BCUT2D eigenvalue weighted by atomic mass is 32.1. The van der Waals surface area contributed by atoms with Gasteiger partial charge in [-0.2, -0.15) is 0 Å². The molecule has 0 atom stereocenters. The molecule has 0 radical (unpaired) electrons. The van der Waals surface area contributed by atoms with E-state index in [9.17, 15) is 0 Å². The van der Waals surface area contributed by atoms with E-state index in [0.717, 1.165) is 17.9 Å². The van der Waals surface area contributed by atoms with Crippen molar-refractivity contribution >= 4 is 11.3 Å². The fourth-order valence-corrected chi connectivity index (χ4v) is 1.91. The highest BCUT2D eigenvalue weighted by molar-refractivity contribution is 7.09. The topological polar surface area (TPSA) is 51.8 Å². The summed E-state index contributed by atoms with van der Waals surface area (Å²) < 4.78 is 0. The van der Waals surface area contributed by atoms with Gasteiger partial charge in [0.25, 0.3) is 0 Å². The molecule has 0 saturated heterocycles. The molecule has 0 aliphatic rings. The van der Waals surface area contributed by atoms with Crippen molar-refractivity contribution in [3.63, 3.8) is 0 Å². The van der Waals surface area contributed by atoms with Gasteiger partial charge in [-0.25, -0.2) is 9.97 Å². The summed E-state index contributed by atoms with van der Waals surface area (Å²) in [7, 11) is 0. The maximum atomic E-state index is 5.50. The standard InChI is InChI=1S/C10H11N3S/c11-7-8-3-4-12-10(13-8)6-9-2-1-5-14-9/h1-5H,6-7,11H2. The third-order valence-electron chi connectivity index (χ3n) is 1.88. The molecule has 2 rings (SSSR count). The second kappa shape index (κ2) is 4.30. The molecule has 2 aromatic rings. The van der Waals surface area contributed by atoms with Crippen LogP contribution in [-0.4, -0.2) is 9.97 Å². The first kappa shape index (κ1) is 9.30. The first-order valence-corrected chi connectivity index (χ1v) is 5.29. The molecule has 0 amide bonds. The molecular formula is C10H11N3S. The predicted octanol–water partition coefficient (Wildman–Crippen LogP) is 1.59. The monoisotopic (exact) mass is 205 g/mol. The van der Waals surface area contributed by atoms with Crippen molar-refractivity contribution < 1.29 is 0 Å². The first-order chi connectivity index (χ1) is 6.88. The SMILES string of the molecule is NCc1ccnc(Cc2cccs2)n1. The molecule has 72 valence electrons. The molecule has 2 aromatic heterocycles. The van der Waals surface area contributed by atoms with Crippen molar-refractivity contribution in [2.45, 2.75) is 13.0 Å². The minimum Gasteiger partial charge on any atom is -0.325 e. The van der Waals surface area contributed by atoms with Crippen LogP contribution in [0.15, 0.2) is 29.8 Å². The second-order valence-electron chi connectivity index (χ2n) is 2.92. The number of rotatable bonds is 3. The van der Waals surface area contributed by atoms with E-state index >= 15 is 0 Å². The van der Waals surface area contributed by atoms with E-state index in [2.05, 4.69) is 21.4 Å². The molecule has 0 fully saturated rings. The third-order valence-corrected chi connectivity index (χ3v) is 2.76. The summed E-state index contributed by atoms with van der Waals surface area (Å²) in [6.07, 6.45) is 2.56. The lowest BCUT2D eigenvalue weighted by molar-refractivity contribution is 0.896. The van der Waals surface area contributed by atoms with Crippen molar-refractivity contribution in [1.82, 2.24) is 9.97 Å². The lowest BCUT2D eigenvalue weighted by Crippen LogP contribution is -2.03. The zero-order valence-corrected chi connectivity index (χ0v) is 8.50. The van der Waals surface area contributed by atoms with Gasteiger partial charge in [0, 0.05) is 24.0 Å². The van der Waals surface area contributed by atoms with Crippen LogP contribution in [0.3, 0.4) is 0 Å². The Bertz CT molecular complexity index is 398. The van der Waals surface area contributed by atoms with E-state index < -0.39 is 0 Å². The first-order valence-electron chi connectivity index (χ1n) is 4.42. The summed E-state index contributed by atoms with van der Waals surface area (Å²) >= 11 is 1.72. The van der Waals surface area contributed by atoms with E-state index in [0.29, 0.717) is 6.54 Å². The van der Waals surface area contributed by atoms with Crippen LogP contribution in [0.1, 0.15) is 16.4 Å². The van der Waals surface area contributed by atoms with Gasteiger partial charge < -0.3 is 5.73 Å². The van der Waals surface area contributed by atoms with Crippen LogP contribution < -0.4 is 5.73 Å². The van der Waals surface area contributed by atoms with Gasteiger partial charge >= 0.3 is 0 Å². The van der Waals surface area contributed by atoms with Gasteiger partial charge in [-0.3, -0.25) is 0 Å². The van der Waals surface area contributed by atoms with Crippen molar-refractivity contribution in [2.24, 2.45) is 5.73 Å². The second-order valence-corrected chi connectivity index (χ2v) is 3.96. The zero-order chi connectivity index (χ0) is 9.80. The molecule has 0 aromatic carbocycles. The van der Waals surface area contributed by atoms with Crippen molar-refractivity contribution in [3.8, 4) is 0 Å². The van der Waals surface area contributed by atoms with Gasteiger partial charge in [0.2, 0.25) is 0 Å². The maximum absolute atomic E-state index is 5.50. The fourth-order valence-electron chi connectivity index (χ4n) is 1.21. The van der Waals surface area contributed by atoms with Crippen molar-refractivity contribution in [3.05, 3.63) is 46.2 Å². The Morgan fingerprint density at radius 2 is 2.29 bits per heavy atom. The molecule has 0 bridgehead atoms. The van der Waals surface area contributed by atoms with Gasteiger partial charge in [0.15, 0.2) is 0 Å². The molecule has 2 N–H and O–H groups in total. The molecule has 3 nitrogen and oxygen atoms in total. The lowest BCUT2D eigenvalue weighted by Gasteiger charge is -1.99. The quantitative estimate of drug-likeness (QED) is 0.827. The summed E-state index contributed by atoms with van der Waals surface area (Å²) in [4.78, 5) is 9.82. The minimum atomic E-state index is 0.472. The fraction of sp³-hybridized carbons (Fsp3) is 0.200. The van der Waals surface area contributed by atoms with Gasteiger partial charge in [-0.1, -0.05) is 6.07 Å². The number of thiophene rings is 1. The average molecular weight is 205 g/mol. The lowest BCUT2D eigenvalue weighted by atomic mass is 10.3. The van der Waals surface area contributed by atoms with E-state index in [4.69, 9.17) is 5.73 Å². The molecule has 14 heavy (non-hydrogen) atoms. The third kappa shape index (κ3) is 2.16. The van der Waals surface area contributed by atoms with E-state index in [1.807, 2.05) is 12.1 Å². The van der Waals surface area contributed by atoms with Crippen LogP contribution in [-0.2, 0) is 13.0 Å². The van der Waals surface area contributed by atoms with Gasteiger partial charge in [0.1, 0.15) is 5.82 Å². The molecule has 4 heteroatoms. The summed E-state index contributed by atoms with van der Waals surface area (Å²) in [5.41, 5.74) is 6.40. The Hall–Kier alpha value is -1.26. The van der Waals surface area contributed by atoms with Crippen LogP contribution in [0.2, 0.25) is 0 Å². The Morgan fingerprint density at radius 3 is 3.00 bits per heavy atom. The van der Waals surface area contributed by atoms with Crippen LogP contribution in [0.25, 0.3) is 0 Å². The number of hydrogen-bond acceptors (Lipinski definition) is 4. The largest absolute Gasteiger partial charge is 0.325 e. The van der Waals surface area contributed by atoms with Gasteiger partial charge in [-0.15, -0.1) is 11.3 Å². The summed E-state index contributed by atoms with van der Waals surface area (Å²) in [5, 5.41) is 2.06. The molecule has 0 aliphatic carbocycles. The Balaban J connectivity index is 2.17. The number of nitrogens with zero attached hydrogens (tertiary/aromatic N) is 2. The Labute approximate surface area is 86.6 Å². The highest BCUT2D eigenvalue weighted by Gasteiger charge is 2.00. The molecule has 0 unspecified atom stereocenters. The van der Waals surface area contributed by atoms with Gasteiger partial charge in [-0.05, 0) is 17.5 Å². The Morgan fingerprint density at radius 1 is 1.36 bits per heavy atom. The molecule has 2 heterocycles. The van der Waals surface area contributed by atoms with Crippen molar-refractivity contribution in [1.29, 1.82) is 0 Å². The average Bonchev–Trinajstić information content (AvgIpc) is 2.71. The maximum Gasteiger partial charge on any atom is 0.133 e. The molecule has 0 saturated carbocycles. The number of aromatic nitrogens is 2. The molecule has 0 spiro atoms. The van der Waals surface area contributed by atoms with Crippen LogP contribution in [0.4, 0.5) is 0 Å². The van der Waals surface area contributed by atoms with Crippen molar-refractivity contribution in [2.75, 3.05) is 0 Å². The van der Waals surface area contributed by atoms with E-state index in [-0.39, 0.29) is 0 Å². The predicted molar refractivity (Wildman–Crippen MR) is 57.0 cm³/mol. The van der Waals surface area contributed by atoms with Crippen LogP contribution in [0.5, 0.6) is 0 Å². The minimum absolute atomic E-state index is 0.472. The van der Waals surface area contributed by atoms with Gasteiger partial charge in [0.05, 0.1) is 5.69 Å². The smallest absolute Gasteiger partial charge is 0.133 e. The summed E-state index contributed by atoms with van der Waals surface area (Å²) in [6, 6.07) is 5.97. The van der Waals surface area contributed by atoms with Crippen LogP contribution >= 0.6 is 11.3 Å². The van der Waals surface area contributed by atoms with E-state index in [1.165, 1.54) is 4.88 Å². The number of hydrogen-bond donors (Lipinski definition) is 1. The molecule has 0 aliphatic heterocycles. The summed E-state index contributed by atoms with van der Waals surface area (Å²) in [5.74, 6) is 0.843. The molecular weight excluding hydrogens is 194 g/mol. The highest BCUT2D eigenvalue weighted by Crippen LogP contribution is 2.12. The normalized spacial score (nSPS) is 10.4. The Kier molecular flexibility index (Phi) is 2.86.